The Kier molecular flexibility index (Phi) is 7.52. The Bertz CT molecular complexity index is 1570. The van der Waals surface area contributed by atoms with Gasteiger partial charge in [-0.2, -0.15) is 0 Å². The van der Waals surface area contributed by atoms with E-state index in [1.54, 1.807) is 24.5 Å². The number of H-pyrrole nitrogens is 1. The van der Waals surface area contributed by atoms with Gasteiger partial charge in [-0.1, -0.05) is 18.2 Å². The summed E-state index contributed by atoms with van der Waals surface area (Å²) >= 11 is 0. The van der Waals surface area contributed by atoms with E-state index in [9.17, 15) is 9.59 Å². The monoisotopic (exact) mass is 550 g/mol. The van der Waals surface area contributed by atoms with E-state index in [2.05, 4.69) is 38.3 Å². The molecule has 2 aliphatic rings. The number of hydrogen-bond acceptors (Lipinski definition) is 6. The molecule has 9 nitrogen and oxygen atoms in total. The van der Waals surface area contributed by atoms with Crippen LogP contribution in [0.5, 0.6) is 11.5 Å². The summed E-state index contributed by atoms with van der Waals surface area (Å²) in [6, 6.07) is 17.6. The Morgan fingerprint density at radius 2 is 1.80 bits per heavy atom. The molecule has 9 heteroatoms. The van der Waals surface area contributed by atoms with Crippen LogP contribution in [0.4, 0.5) is 5.69 Å². The molecular formula is C32H34N6O3. The first-order valence-corrected chi connectivity index (χ1v) is 14.1. The van der Waals surface area contributed by atoms with Gasteiger partial charge in [0, 0.05) is 50.0 Å². The third-order valence-corrected chi connectivity index (χ3v) is 7.87. The number of carbonyl (C=O) groups is 2. The lowest BCUT2D eigenvalue weighted by atomic mass is 9.83. The normalized spacial score (nSPS) is 17.1. The molecule has 1 fully saturated rings. The molecule has 2 N–H and O–H groups in total. The van der Waals surface area contributed by atoms with Crippen LogP contribution < -0.4 is 10.1 Å². The highest BCUT2D eigenvalue weighted by Gasteiger charge is 2.26. The summed E-state index contributed by atoms with van der Waals surface area (Å²) in [6.45, 7) is 5.13. The fourth-order valence-corrected chi connectivity index (χ4v) is 5.47. The van der Waals surface area contributed by atoms with Crippen LogP contribution in [-0.2, 0) is 17.6 Å². The van der Waals surface area contributed by atoms with Crippen molar-refractivity contribution in [3.63, 3.8) is 0 Å². The highest BCUT2D eigenvalue weighted by Crippen LogP contribution is 2.32. The van der Waals surface area contributed by atoms with E-state index in [-0.39, 0.29) is 17.7 Å². The van der Waals surface area contributed by atoms with E-state index in [4.69, 9.17) is 4.74 Å². The number of piperazine rings is 1. The second-order valence-electron chi connectivity index (χ2n) is 10.9. The average Bonchev–Trinajstić information content (AvgIpc) is 3.48. The standard InChI is InChI=1S/C32H34N6O3/c1-21-4-3-5-25(16-21)35-31(39)23-7-6-22-8-9-26(18-24(22)17-23)41-27-10-11-33-28(19-27)30-34-20-29(36-30)32(40)38-14-12-37(2)13-15-38/h3-5,8-11,16,18-20,23H,6-7,12-15,17H2,1-2H3,(H,34,36)(H,35,39). The van der Waals surface area contributed by atoms with E-state index in [0.29, 0.717) is 48.2 Å². The van der Waals surface area contributed by atoms with Gasteiger partial charge in [0.2, 0.25) is 5.91 Å². The minimum atomic E-state index is -0.0903. The zero-order valence-corrected chi connectivity index (χ0v) is 23.4. The highest BCUT2D eigenvalue weighted by atomic mass is 16.5. The van der Waals surface area contributed by atoms with Gasteiger partial charge >= 0.3 is 0 Å². The SMILES string of the molecule is Cc1cccc(NC(=O)C2CCc3ccc(Oc4ccnc(-c5ncc(C(=O)N6CCN(C)CC6)[nH]5)c4)cc3C2)c1. The fraction of sp³-hybridized carbons (Fsp3) is 0.312. The molecule has 0 saturated carbocycles. The minimum absolute atomic E-state index is 0.0512. The van der Waals surface area contributed by atoms with Crippen molar-refractivity contribution >= 4 is 17.5 Å². The molecule has 1 unspecified atom stereocenters. The molecule has 2 aromatic carbocycles. The van der Waals surface area contributed by atoms with Gasteiger partial charge in [-0.15, -0.1) is 0 Å². The van der Waals surface area contributed by atoms with Gasteiger partial charge in [0.25, 0.3) is 5.91 Å². The number of ether oxygens (including phenoxy) is 1. The Morgan fingerprint density at radius 3 is 2.63 bits per heavy atom. The number of aryl methyl sites for hydroxylation is 2. The van der Waals surface area contributed by atoms with Gasteiger partial charge in [-0.25, -0.2) is 4.98 Å². The van der Waals surface area contributed by atoms with Crippen molar-refractivity contribution in [2.75, 3.05) is 38.5 Å². The third kappa shape index (κ3) is 6.15. The van der Waals surface area contributed by atoms with Crippen molar-refractivity contribution in [1.29, 1.82) is 0 Å². The molecule has 1 aliphatic heterocycles. The molecule has 210 valence electrons. The van der Waals surface area contributed by atoms with Gasteiger partial charge in [0.15, 0.2) is 5.82 Å². The number of benzene rings is 2. The summed E-state index contributed by atoms with van der Waals surface area (Å²) in [4.78, 5) is 41.9. The van der Waals surface area contributed by atoms with Crippen LogP contribution in [0.15, 0.2) is 67.0 Å². The van der Waals surface area contributed by atoms with Crippen molar-refractivity contribution in [3.05, 3.63) is 89.4 Å². The number of amides is 2. The molecule has 2 amide bonds. The molecular weight excluding hydrogens is 516 g/mol. The fourth-order valence-electron chi connectivity index (χ4n) is 5.47. The summed E-state index contributed by atoms with van der Waals surface area (Å²) in [7, 11) is 2.06. The lowest BCUT2D eigenvalue weighted by Crippen LogP contribution is -2.47. The number of fused-ring (bicyclic) bond motifs is 1. The number of pyridine rings is 1. The quantitative estimate of drug-likeness (QED) is 0.361. The maximum absolute atomic E-state index is 13.0. The number of carbonyl (C=O) groups excluding carboxylic acids is 2. The van der Waals surface area contributed by atoms with Crippen LogP contribution in [0, 0.1) is 12.8 Å². The molecule has 4 aromatic rings. The zero-order valence-electron chi connectivity index (χ0n) is 23.4. The van der Waals surface area contributed by atoms with E-state index in [0.717, 1.165) is 42.7 Å². The molecule has 6 rings (SSSR count). The molecule has 41 heavy (non-hydrogen) atoms. The number of likely N-dealkylation sites (N-methyl/N-ethyl adjacent to an activating group) is 1. The molecule has 1 aliphatic carbocycles. The Labute approximate surface area is 239 Å². The summed E-state index contributed by atoms with van der Waals surface area (Å²) in [5.41, 5.74) is 5.37. The number of aromatic amines is 1. The summed E-state index contributed by atoms with van der Waals surface area (Å²) < 4.78 is 6.21. The molecule has 0 radical (unpaired) electrons. The first-order valence-electron chi connectivity index (χ1n) is 14.1. The van der Waals surface area contributed by atoms with Gasteiger partial charge in [-0.3, -0.25) is 14.6 Å². The second-order valence-corrected chi connectivity index (χ2v) is 10.9. The van der Waals surface area contributed by atoms with Gasteiger partial charge < -0.3 is 24.8 Å². The number of nitrogens with one attached hydrogen (secondary N) is 2. The number of aromatic nitrogens is 3. The van der Waals surface area contributed by atoms with Crippen molar-refractivity contribution < 1.29 is 14.3 Å². The van der Waals surface area contributed by atoms with Crippen LogP contribution >= 0.6 is 0 Å². The molecule has 3 heterocycles. The Hall–Kier alpha value is -4.50. The maximum Gasteiger partial charge on any atom is 0.272 e. The van der Waals surface area contributed by atoms with E-state index < -0.39 is 0 Å². The van der Waals surface area contributed by atoms with E-state index in [1.807, 2.05) is 48.2 Å². The Morgan fingerprint density at radius 1 is 0.976 bits per heavy atom. The van der Waals surface area contributed by atoms with E-state index in [1.165, 1.54) is 5.56 Å². The molecule has 1 saturated heterocycles. The molecule has 1 atom stereocenters. The number of nitrogens with zero attached hydrogens (tertiary/aromatic N) is 4. The molecule has 2 aromatic heterocycles. The predicted molar refractivity (Wildman–Crippen MR) is 157 cm³/mol. The maximum atomic E-state index is 13.0. The predicted octanol–water partition coefficient (Wildman–Crippen LogP) is 4.70. The van der Waals surface area contributed by atoms with Crippen LogP contribution in [0.3, 0.4) is 0 Å². The van der Waals surface area contributed by atoms with Crippen LogP contribution in [0.2, 0.25) is 0 Å². The number of imidazole rings is 1. The summed E-state index contributed by atoms with van der Waals surface area (Å²) in [5.74, 6) is 1.74. The topological polar surface area (TPSA) is 103 Å². The summed E-state index contributed by atoms with van der Waals surface area (Å²) in [6.07, 6.45) is 5.58. The lowest BCUT2D eigenvalue weighted by molar-refractivity contribution is -0.120. The number of hydrogen-bond donors (Lipinski definition) is 2. The molecule has 0 spiro atoms. The van der Waals surface area contributed by atoms with Crippen molar-refractivity contribution in [2.24, 2.45) is 5.92 Å². The Balaban J connectivity index is 1.12. The van der Waals surface area contributed by atoms with Crippen LogP contribution in [-0.4, -0.2) is 69.8 Å². The lowest BCUT2D eigenvalue weighted by Gasteiger charge is -2.32. The second kappa shape index (κ2) is 11.5. The van der Waals surface area contributed by atoms with E-state index >= 15 is 0 Å². The number of anilines is 1. The van der Waals surface area contributed by atoms with Gasteiger partial charge in [0.1, 0.15) is 22.9 Å². The van der Waals surface area contributed by atoms with Crippen molar-refractivity contribution in [1.82, 2.24) is 24.8 Å². The number of rotatable bonds is 6. The van der Waals surface area contributed by atoms with Gasteiger partial charge in [0.05, 0.1) is 6.20 Å². The first kappa shape index (κ1) is 26.7. The van der Waals surface area contributed by atoms with Crippen LogP contribution in [0.1, 0.15) is 33.6 Å². The summed E-state index contributed by atoms with van der Waals surface area (Å²) in [5, 5.41) is 3.08. The van der Waals surface area contributed by atoms with Crippen molar-refractivity contribution in [3.8, 4) is 23.0 Å². The minimum Gasteiger partial charge on any atom is -0.457 e. The van der Waals surface area contributed by atoms with Crippen LogP contribution in [0.25, 0.3) is 11.5 Å². The third-order valence-electron chi connectivity index (χ3n) is 7.87. The average molecular weight is 551 g/mol. The highest BCUT2D eigenvalue weighted by molar-refractivity contribution is 5.93. The largest absolute Gasteiger partial charge is 0.457 e. The smallest absolute Gasteiger partial charge is 0.272 e. The van der Waals surface area contributed by atoms with Gasteiger partial charge in [-0.05, 0) is 80.3 Å². The molecule has 0 bridgehead atoms. The van der Waals surface area contributed by atoms with Crippen molar-refractivity contribution in [2.45, 2.75) is 26.2 Å². The first-order chi connectivity index (χ1) is 19.9. The zero-order chi connectivity index (χ0) is 28.3.